The Morgan fingerprint density at radius 1 is 0.964 bits per heavy atom. The van der Waals surface area contributed by atoms with Crippen molar-refractivity contribution in [3.05, 3.63) is 88.1 Å². The Labute approximate surface area is 170 Å². The lowest BCUT2D eigenvalue weighted by molar-refractivity contribution is -0.118. The van der Waals surface area contributed by atoms with E-state index in [1.54, 1.807) is 0 Å². The van der Waals surface area contributed by atoms with Gasteiger partial charge in [0.1, 0.15) is 0 Å². The number of allylic oxidation sites excluding steroid dienone is 2. The fourth-order valence-electron chi connectivity index (χ4n) is 4.79. The predicted octanol–water partition coefficient (Wildman–Crippen LogP) is 6.69. The fourth-order valence-corrected chi connectivity index (χ4v) is 4.92. The molecule has 0 spiro atoms. The molecule has 0 fully saturated rings. The first-order valence-corrected chi connectivity index (χ1v) is 10.1. The average Bonchev–Trinajstić information content (AvgIpc) is 2.66. The number of benzene rings is 3. The molecular weight excluding hydrogens is 366 g/mol. The summed E-state index contributed by atoms with van der Waals surface area (Å²) in [6.45, 7) is 4.34. The summed E-state index contributed by atoms with van der Waals surface area (Å²) < 4.78 is 0. The maximum Gasteiger partial charge on any atom is 0.162 e. The van der Waals surface area contributed by atoms with Gasteiger partial charge in [-0.1, -0.05) is 67.9 Å². The number of ketones is 1. The number of halogens is 1. The Bertz CT molecular complexity index is 1140. The Kier molecular flexibility index (Phi) is 3.89. The molecule has 0 saturated carbocycles. The zero-order valence-corrected chi connectivity index (χ0v) is 16.8. The highest BCUT2D eigenvalue weighted by molar-refractivity contribution is 6.30. The third kappa shape index (κ3) is 2.75. The first kappa shape index (κ1) is 17.5. The van der Waals surface area contributed by atoms with Crippen LogP contribution in [0, 0.1) is 5.41 Å². The van der Waals surface area contributed by atoms with Crippen molar-refractivity contribution in [2.75, 3.05) is 5.32 Å². The highest BCUT2D eigenvalue weighted by Crippen LogP contribution is 2.50. The van der Waals surface area contributed by atoms with Crippen molar-refractivity contribution in [2.45, 2.75) is 32.6 Å². The van der Waals surface area contributed by atoms with Gasteiger partial charge in [-0.05, 0) is 51.9 Å². The minimum atomic E-state index is -0.0711. The maximum absolute atomic E-state index is 13.3. The van der Waals surface area contributed by atoms with E-state index in [0.29, 0.717) is 11.4 Å². The molecule has 1 aliphatic carbocycles. The van der Waals surface area contributed by atoms with E-state index in [2.05, 4.69) is 67.7 Å². The van der Waals surface area contributed by atoms with Crippen LogP contribution in [0.25, 0.3) is 10.8 Å². The van der Waals surface area contributed by atoms with Gasteiger partial charge in [0, 0.05) is 34.3 Å². The van der Waals surface area contributed by atoms with Gasteiger partial charge >= 0.3 is 0 Å². The van der Waals surface area contributed by atoms with Crippen LogP contribution in [-0.2, 0) is 4.79 Å². The van der Waals surface area contributed by atoms with Crippen molar-refractivity contribution in [1.82, 2.24) is 0 Å². The van der Waals surface area contributed by atoms with Crippen LogP contribution in [0.2, 0.25) is 5.02 Å². The van der Waals surface area contributed by atoms with E-state index in [4.69, 9.17) is 11.6 Å². The monoisotopic (exact) mass is 387 g/mol. The van der Waals surface area contributed by atoms with E-state index < -0.39 is 0 Å². The standard InChI is InChI=1S/C25H22ClNO/c1-25(2)13-20-24(21(28)14-25)22(16-7-10-17(26)11-8-16)23-18-6-4-3-5-15(18)9-12-19(23)27-20/h3-12,22,27H,13-14H2,1-2H3/t22-/m1/s1. The molecule has 3 heteroatoms. The van der Waals surface area contributed by atoms with Crippen molar-refractivity contribution in [3.63, 3.8) is 0 Å². The van der Waals surface area contributed by atoms with Crippen molar-refractivity contribution in [2.24, 2.45) is 5.41 Å². The van der Waals surface area contributed by atoms with Crippen molar-refractivity contribution in [3.8, 4) is 0 Å². The van der Waals surface area contributed by atoms with Crippen molar-refractivity contribution in [1.29, 1.82) is 0 Å². The smallest absolute Gasteiger partial charge is 0.162 e. The van der Waals surface area contributed by atoms with Crippen LogP contribution in [-0.4, -0.2) is 5.78 Å². The van der Waals surface area contributed by atoms with Gasteiger partial charge in [-0.2, -0.15) is 0 Å². The van der Waals surface area contributed by atoms with E-state index >= 15 is 0 Å². The second-order valence-corrected chi connectivity index (χ2v) is 9.13. The number of carbonyl (C=O) groups is 1. The fraction of sp³-hybridized carbons (Fsp3) is 0.240. The van der Waals surface area contributed by atoms with Gasteiger partial charge < -0.3 is 5.32 Å². The molecule has 2 nitrogen and oxygen atoms in total. The summed E-state index contributed by atoms with van der Waals surface area (Å²) >= 11 is 6.16. The predicted molar refractivity (Wildman–Crippen MR) is 116 cm³/mol. The minimum absolute atomic E-state index is 0.0260. The van der Waals surface area contributed by atoms with Gasteiger partial charge in [0.2, 0.25) is 0 Å². The lowest BCUT2D eigenvalue weighted by Gasteiger charge is -2.40. The molecule has 2 aliphatic rings. The summed E-state index contributed by atoms with van der Waals surface area (Å²) in [5, 5.41) is 6.71. The molecular formula is C25H22ClNO. The zero-order chi connectivity index (χ0) is 19.5. The number of hydrogen-bond acceptors (Lipinski definition) is 2. The van der Waals surface area contributed by atoms with Gasteiger partial charge in [-0.15, -0.1) is 0 Å². The Hall–Kier alpha value is -2.58. The molecule has 0 saturated heterocycles. The number of rotatable bonds is 1. The minimum Gasteiger partial charge on any atom is -0.358 e. The Balaban J connectivity index is 1.81. The molecule has 0 amide bonds. The SMILES string of the molecule is CC1(C)CC(=O)C2=C(C1)Nc1ccc3ccccc3c1[C@H]2c1ccc(Cl)cc1. The van der Waals surface area contributed by atoms with Crippen LogP contribution in [0.4, 0.5) is 5.69 Å². The maximum atomic E-state index is 13.3. The van der Waals surface area contributed by atoms with Gasteiger partial charge in [-0.25, -0.2) is 0 Å². The topological polar surface area (TPSA) is 29.1 Å². The largest absolute Gasteiger partial charge is 0.358 e. The Morgan fingerprint density at radius 3 is 2.50 bits per heavy atom. The number of Topliss-reactive ketones (excluding diaryl/α,β-unsaturated/α-hetero) is 1. The molecule has 5 rings (SSSR count). The third-order valence-electron chi connectivity index (χ3n) is 5.96. The highest BCUT2D eigenvalue weighted by Gasteiger charge is 2.41. The summed E-state index contributed by atoms with van der Waals surface area (Å²) in [4.78, 5) is 13.3. The van der Waals surface area contributed by atoms with Crippen LogP contribution in [0.15, 0.2) is 71.9 Å². The number of nitrogens with one attached hydrogen (secondary N) is 1. The number of hydrogen-bond donors (Lipinski definition) is 1. The number of fused-ring (bicyclic) bond motifs is 3. The molecule has 3 aromatic carbocycles. The molecule has 0 bridgehead atoms. The van der Waals surface area contributed by atoms with Crippen LogP contribution in [0.1, 0.15) is 43.7 Å². The van der Waals surface area contributed by atoms with E-state index in [9.17, 15) is 4.79 Å². The normalized spacial score (nSPS) is 20.5. The molecule has 1 atom stereocenters. The summed E-state index contributed by atoms with van der Waals surface area (Å²) in [6, 6.07) is 20.7. The van der Waals surface area contributed by atoms with Gasteiger partial charge in [-0.3, -0.25) is 4.79 Å². The van der Waals surface area contributed by atoms with Gasteiger partial charge in [0.15, 0.2) is 5.78 Å². The molecule has 140 valence electrons. The lowest BCUT2D eigenvalue weighted by atomic mass is 9.68. The average molecular weight is 388 g/mol. The molecule has 1 aliphatic heterocycles. The number of anilines is 1. The quantitative estimate of drug-likeness (QED) is 0.503. The lowest BCUT2D eigenvalue weighted by Crippen LogP contribution is -2.33. The van der Waals surface area contributed by atoms with Crippen molar-refractivity contribution >= 4 is 33.8 Å². The van der Waals surface area contributed by atoms with Crippen LogP contribution in [0.3, 0.4) is 0 Å². The molecule has 0 radical (unpaired) electrons. The number of carbonyl (C=O) groups excluding carboxylic acids is 1. The van der Waals surface area contributed by atoms with Gasteiger partial charge in [0.25, 0.3) is 0 Å². The van der Waals surface area contributed by atoms with E-state index in [0.717, 1.165) is 28.9 Å². The van der Waals surface area contributed by atoms with Gasteiger partial charge in [0.05, 0.1) is 0 Å². The van der Waals surface area contributed by atoms with E-state index in [1.807, 2.05) is 12.1 Å². The summed E-state index contributed by atoms with van der Waals surface area (Å²) in [5.41, 5.74) is 5.37. The van der Waals surface area contributed by atoms with Crippen LogP contribution >= 0.6 is 11.6 Å². The zero-order valence-electron chi connectivity index (χ0n) is 16.1. The molecule has 1 N–H and O–H groups in total. The van der Waals surface area contributed by atoms with Crippen LogP contribution < -0.4 is 5.32 Å². The third-order valence-corrected chi connectivity index (χ3v) is 6.21. The second-order valence-electron chi connectivity index (χ2n) is 8.69. The molecule has 0 unspecified atom stereocenters. The van der Waals surface area contributed by atoms with E-state index in [1.165, 1.54) is 16.3 Å². The molecule has 3 aromatic rings. The molecule has 1 heterocycles. The van der Waals surface area contributed by atoms with E-state index in [-0.39, 0.29) is 17.1 Å². The first-order valence-electron chi connectivity index (χ1n) is 9.73. The summed E-state index contributed by atoms with van der Waals surface area (Å²) in [5.74, 6) is 0.176. The Morgan fingerprint density at radius 2 is 1.71 bits per heavy atom. The summed E-state index contributed by atoms with van der Waals surface area (Å²) in [7, 11) is 0. The van der Waals surface area contributed by atoms with Crippen LogP contribution in [0.5, 0.6) is 0 Å². The molecule has 28 heavy (non-hydrogen) atoms. The molecule has 0 aromatic heterocycles. The summed E-state index contributed by atoms with van der Waals surface area (Å²) in [6.07, 6.45) is 1.46. The second kappa shape index (κ2) is 6.22. The first-order chi connectivity index (χ1) is 13.4. The highest BCUT2D eigenvalue weighted by atomic mass is 35.5. The van der Waals surface area contributed by atoms with Crippen molar-refractivity contribution < 1.29 is 4.79 Å².